The summed E-state index contributed by atoms with van der Waals surface area (Å²) in [7, 11) is -3.73. The van der Waals surface area contributed by atoms with E-state index in [0.717, 1.165) is 26.5 Å². The van der Waals surface area contributed by atoms with Crippen LogP contribution in [0, 0.1) is 0 Å². The average molecular weight is 501 g/mol. The van der Waals surface area contributed by atoms with Gasteiger partial charge in [-0.1, -0.05) is 57.9 Å². The van der Waals surface area contributed by atoms with Gasteiger partial charge in [0.1, 0.15) is 11.5 Å². The monoisotopic (exact) mass is 499 g/mol. The Bertz CT molecular complexity index is 1280. The van der Waals surface area contributed by atoms with E-state index in [1.54, 1.807) is 28.9 Å². The highest BCUT2D eigenvalue weighted by Gasteiger charge is 2.42. The highest BCUT2D eigenvalue weighted by atomic mass is 79.9. The van der Waals surface area contributed by atoms with Crippen molar-refractivity contribution in [3.05, 3.63) is 100.0 Å². The molecule has 0 amide bonds. The summed E-state index contributed by atoms with van der Waals surface area (Å²) < 4.78 is 28.7. The Morgan fingerprint density at radius 3 is 2.43 bits per heavy atom. The van der Waals surface area contributed by atoms with Gasteiger partial charge in [-0.25, -0.2) is 4.57 Å². The second-order valence-electron chi connectivity index (χ2n) is 6.90. The van der Waals surface area contributed by atoms with Gasteiger partial charge < -0.3 is 9.05 Å². The molecule has 30 heavy (non-hydrogen) atoms. The van der Waals surface area contributed by atoms with Crippen molar-refractivity contribution < 1.29 is 13.6 Å². The maximum atomic E-state index is 14.0. The SMILES string of the molecule is O=P1(Oc2ccc(Cl)cc2)Oc2ccc3ccccc3c2CN1c1ccc(Br)cc1. The maximum Gasteiger partial charge on any atom is 0.544 e. The predicted molar refractivity (Wildman–Crippen MR) is 125 cm³/mol. The molecule has 0 bridgehead atoms. The molecule has 0 spiro atoms. The number of hydrogen-bond acceptors (Lipinski definition) is 3. The topological polar surface area (TPSA) is 38.8 Å². The van der Waals surface area contributed by atoms with Crippen LogP contribution in [0.5, 0.6) is 11.5 Å². The van der Waals surface area contributed by atoms with Crippen LogP contribution in [-0.4, -0.2) is 0 Å². The number of fused-ring (bicyclic) bond motifs is 3. The molecule has 0 saturated heterocycles. The second-order valence-corrected chi connectivity index (χ2v) is 10.0. The lowest BCUT2D eigenvalue weighted by Gasteiger charge is -2.36. The van der Waals surface area contributed by atoms with E-state index in [2.05, 4.69) is 22.0 Å². The third-order valence-corrected chi connectivity index (χ3v) is 7.59. The van der Waals surface area contributed by atoms with Crippen LogP contribution in [0.2, 0.25) is 5.02 Å². The minimum atomic E-state index is -3.73. The van der Waals surface area contributed by atoms with Gasteiger partial charge in [0.2, 0.25) is 0 Å². The van der Waals surface area contributed by atoms with Crippen molar-refractivity contribution in [3.8, 4) is 11.5 Å². The highest BCUT2D eigenvalue weighted by Crippen LogP contribution is 2.59. The van der Waals surface area contributed by atoms with Crippen molar-refractivity contribution in [2.45, 2.75) is 6.54 Å². The molecule has 1 aliphatic heterocycles. The summed E-state index contributed by atoms with van der Waals surface area (Å²) >= 11 is 9.43. The molecule has 0 N–H and O–H groups in total. The Morgan fingerprint density at radius 1 is 0.933 bits per heavy atom. The van der Waals surface area contributed by atoms with Gasteiger partial charge in [-0.3, -0.25) is 4.67 Å². The van der Waals surface area contributed by atoms with Crippen molar-refractivity contribution in [2.75, 3.05) is 4.67 Å². The molecule has 4 nitrogen and oxygen atoms in total. The van der Waals surface area contributed by atoms with Crippen LogP contribution in [0.4, 0.5) is 5.69 Å². The maximum absolute atomic E-state index is 14.0. The predicted octanol–water partition coefficient (Wildman–Crippen LogP) is 7.84. The number of hydrogen-bond donors (Lipinski definition) is 0. The molecule has 0 aliphatic carbocycles. The number of nitrogens with zero attached hydrogens (tertiary/aromatic N) is 1. The fourth-order valence-electron chi connectivity index (χ4n) is 3.52. The molecule has 7 heteroatoms. The summed E-state index contributed by atoms with van der Waals surface area (Å²) in [6, 6.07) is 26.3. The van der Waals surface area contributed by atoms with Crippen molar-refractivity contribution in [1.82, 2.24) is 0 Å². The summed E-state index contributed by atoms with van der Waals surface area (Å²) in [5.74, 6) is 0.994. The standard InChI is InChI=1S/C23H16BrClNO3P/c24-17-6-10-19(11-7-17)26-15-22-21-4-2-1-3-16(21)5-14-23(22)29-30(26,27)28-20-12-8-18(25)9-13-20/h1-14H,15H2. The minimum absolute atomic E-state index is 0.392. The summed E-state index contributed by atoms with van der Waals surface area (Å²) in [5, 5.41) is 2.74. The average Bonchev–Trinajstić information content (AvgIpc) is 2.75. The number of benzene rings is 4. The molecule has 1 heterocycles. The summed E-state index contributed by atoms with van der Waals surface area (Å²) in [5.41, 5.74) is 1.72. The zero-order chi connectivity index (χ0) is 20.7. The highest BCUT2D eigenvalue weighted by molar-refractivity contribution is 9.10. The number of halogens is 2. The van der Waals surface area contributed by atoms with Crippen LogP contribution >= 0.6 is 35.3 Å². The Balaban J connectivity index is 1.63. The molecule has 5 rings (SSSR count). The van der Waals surface area contributed by atoms with Gasteiger partial charge in [-0.2, -0.15) is 0 Å². The van der Waals surface area contributed by atoms with E-state index in [0.29, 0.717) is 23.1 Å². The van der Waals surface area contributed by atoms with E-state index in [1.165, 1.54) is 0 Å². The zero-order valence-corrected chi connectivity index (χ0v) is 18.9. The first kappa shape index (κ1) is 19.5. The van der Waals surface area contributed by atoms with E-state index in [4.69, 9.17) is 20.6 Å². The largest absolute Gasteiger partial charge is 0.544 e. The second kappa shape index (κ2) is 7.66. The van der Waals surface area contributed by atoms with Crippen LogP contribution in [0.1, 0.15) is 5.56 Å². The first-order valence-corrected chi connectivity index (χ1v) is 12.0. The zero-order valence-electron chi connectivity index (χ0n) is 15.7. The van der Waals surface area contributed by atoms with Crippen molar-refractivity contribution in [2.24, 2.45) is 0 Å². The summed E-state index contributed by atoms with van der Waals surface area (Å²) in [6.07, 6.45) is 0. The van der Waals surface area contributed by atoms with E-state index in [9.17, 15) is 4.57 Å². The summed E-state index contributed by atoms with van der Waals surface area (Å²) in [6.45, 7) is 0.392. The Labute approximate surface area is 187 Å². The van der Waals surface area contributed by atoms with Crippen LogP contribution < -0.4 is 13.7 Å². The Hall–Kier alpha value is -2.46. The molecule has 1 unspecified atom stereocenters. The summed E-state index contributed by atoms with van der Waals surface area (Å²) in [4.78, 5) is 0. The molecule has 150 valence electrons. The molecule has 4 aromatic rings. The molecule has 1 atom stereocenters. The molecular weight excluding hydrogens is 485 g/mol. The van der Waals surface area contributed by atoms with Gasteiger partial charge in [0.05, 0.1) is 6.54 Å². The molecule has 0 aromatic heterocycles. The van der Waals surface area contributed by atoms with Gasteiger partial charge in [-0.05, 0) is 65.4 Å². The first-order chi connectivity index (χ1) is 14.5. The number of rotatable bonds is 3. The van der Waals surface area contributed by atoms with Crippen molar-refractivity contribution in [1.29, 1.82) is 0 Å². The minimum Gasteiger partial charge on any atom is -0.400 e. The molecule has 0 saturated carbocycles. The third-order valence-electron chi connectivity index (χ3n) is 4.97. The van der Waals surface area contributed by atoms with Gasteiger partial charge in [0.15, 0.2) is 0 Å². The molecule has 4 aromatic carbocycles. The van der Waals surface area contributed by atoms with Crippen LogP contribution in [0.15, 0.2) is 89.4 Å². The lowest BCUT2D eigenvalue weighted by atomic mass is 10.0. The van der Waals surface area contributed by atoms with Crippen LogP contribution in [0.3, 0.4) is 0 Å². The van der Waals surface area contributed by atoms with E-state index in [-0.39, 0.29) is 0 Å². The smallest absolute Gasteiger partial charge is 0.400 e. The lowest BCUT2D eigenvalue weighted by Crippen LogP contribution is -2.29. The quantitative estimate of drug-likeness (QED) is 0.269. The Morgan fingerprint density at radius 2 is 1.67 bits per heavy atom. The van der Waals surface area contributed by atoms with E-state index in [1.807, 2.05) is 54.6 Å². The normalized spacial score (nSPS) is 18.0. The first-order valence-electron chi connectivity index (χ1n) is 9.31. The van der Waals surface area contributed by atoms with Gasteiger partial charge in [0, 0.05) is 20.7 Å². The number of anilines is 1. The van der Waals surface area contributed by atoms with Gasteiger partial charge in [0.25, 0.3) is 0 Å². The van der Waals surface area contributed by atoms with Gasteiger partial charge in [-0.15, -0.1) is 0 Å². The van der Waals surface area contributed by atoms with E-state index >= 15 is 0 Å². The molecule has 1 aliphatic rings. The lowest BCUT2D eigenvalue weighted by molar-refractivity contribution is 0.371. The molecule has 0 fully saturated rings. The van der Waals surface area contributed by atoms with E-state index < -0.39 is 7.75 Å². The third kappa shape index (κ3) is 3.58. The molecule has 0 radical (unpaired) electrons. The fourth-order valence-corrected chi connectivity index (χ4v) is 5.68. The Kier molecular flexibility index (Phi) is 4.98. The van der Waals surface area contributed by atoms with Crippen LogP contribution in [0.25, 0.3) is 10.8 Å². The van der Waals surface area contributed by atoms with Gasteiger partial charge >= 0.3 is 7.75 Å². The van der Waals surface area contributed by atoms with Crippen LogP contribution in [-0.2, 0) is 11.1 Å². The van der Waals surface area contributed by atoms with Crippen molar-refractivity contribution >= 4 is 51.7 Å². The molecular formula is C23H16BrClNO3P. The van der Waals surface area contributed by atoms with Crippen molar-refractivity contribution in [3.63, 3.8) is 0 Å². The fraction of sp³-hybridized carbons (Fsp3) is 0.0435.